The van der Waals surface area contributed by atoms with E-state index in [4.69, 9.17) is 0 Å². The van der Waals surface area contributed by atoms with E-state index in [9.17, 15) is 4.79 Å². The zero-order valence-electron chi connectivity index (χ0n) is 18.4. The van der Waals surface area contributed by atoms with Crippen LogP contribution in [-0.2, 0) is 7.05 Å². The normalized spacial score (nSPS) is 11.5. The van der Waals surface area contributed by atoms with E-state index >= 15 is 0 Å². The lowest BCUT2D eigenvalue weighted by Crippen LogP contribution is -2.04. The Bertz CT molecular complexity index is 1430. The summed E-state index contributed by atoms with van der Waals surface area (Å²) < 4.78 is 2.21. The van der Waals surface area contributed by atoms with Crippen LogP contribution in [0.1, 0.15) is 15.9 Å². The second kappa shape index (κ2) is 9.01. The molecule has 0 saturated heterocycles. The first-order valence-corrected chi connectivity index (χ1v) is 11.0. The molecule has 1 N–H and O–H groups in total. The smallest absolute Gasteiger partial charge is 0.187 e. The number of ketones is 1. The topological polar surface area (TPSA) is 34.0 Å². The fourth-order valence-corrected chi connectivity index (χ4v) is 4.13. The Morgan fingerprint density at radius 1 is 0.727 bits per heavy atom. The maximum Gasteiger partial charge on any atom is 0.187 e. The van der Waals surface area contributed by atoms with Gasteiger partial charge >= 0.3 is 0 Å². The SMILES string of the molecule is Cn1c(-c2ccccc2)cc2c(NC(=CC(=O)c3ccccc3)c3ccccc3)cccc21. The molecule has 0 fully saturated rings. The van der Waals surface area contributed by atoms with Gasteiger partial charge in [0.15, 0.2) is 5.78 Å². The minimum absolute atomic E-state index is 0.0350. The average Bonchev–Trinajstić information content (AvgIpc) is 3.22. The summed E-state index contributed by atoms with van der Waals surface area (Å²) in [5.41, 5.74) is 6.78. The Kier molecular flexibility index (Phi) is 5.61. The van der Waals surface area contributed by atoms with Gasteiger partial charge in [-0.3, -0.25) is 4.79 Å². The van der Waals surface area contributed by atoms with Gasteiger partial charge in [-0.1, -0.05) is 97.1 Å². The number of rotatable bonds is 6. The summed E-state index contributed by atoms with van der Waals surface area (Å²) in [6, 6.07) is 38.1. The van der Waals surface area contributed by atoms with Crippen LogP contribution in [0.4, 0.5) is 5.69 Å². The van der Waals surface area contributed by atoms with E-state index in [1.807, 2.05) is 72.8 Å². The molecule has 33 heavy (non-hydrogen) atoms. The van der Waals surface area contributed by atoms with Crippen molar-refractivity contribution in [1.29, 1.82) is 0 Å². The molecule has 160 valence electrons. The standard InChI is InChI=1S/C30H24N2O/c1-32-28-19-11-18-26(25(28)20-29(32)23-14-7-3-8-15-23)31-27(22-12-5-2-6-13-22)21-30(33)24-16-9-4-10-17-24/h2-21,31H,1H3. The number of hydrogen-bond acceptors (Lipinski definition) is 2. The van der Waals surface area contributed by atoms with Crippen molar-refractivity contribution in [2.45, 2.75) is 0 Å². The fraction of sp³-hybridized carbons (Fsp3) is 0.0333. The molecule has 0 aliphatic rings. The average molecular weight is 429 g/mol. The van der Waals surface area contributed by atoms with Gasteiger partial charge in [-0.25, -0.2) is 0 Å². The molecule has 1 heterocycles. The minimum atomic E-state index is -0.0350. The number of nitrogens with one attached hydrogen (secondary N) is 1. The van der Waals surface area contributed by atoms with Gasteiger partial charge in [-0.15, -0.1) is 0 Å². The molecule has 0 bridgehead atoms. The van der Waals surface area contributed by atoms with Crippen LogP contribution in [0.2, 0.25) is 0 Å². The molecule has 0 spiro atoms. The van der Waals surface area contributed by atoms with Crippen molar-refractivity contribution in [2.75, 3.05) is 5.32 Å². The van der Waals surface area contributed by atoms with Crippen molar-refractivity contribution >= 4 is 28.1 Å². The van der Waals surface area contributed by atoms with Gasteiger partial charge in [-0.05, 0) is 29.3 Å². The zero-order chi connectivity index (χ0) is 22.6. The Hall–Kier alpha value is -4.37. The number of carbonyl (C=O) groups excluding carboxylic acids is 1. The molecular weight excluding hydrogens is 404 g/mol. The largest absolute Gasteiger partial charge is 0.354 e. The van der Waals surface area contributed by atoms with E-state index in [1.165, 1.54) is 5.56 Å². The van der Waals surface area contributed by atoms with Crippen LogP contribution in [0.5, 0.6) is 0 Å². The highest BCUT2D eigenvalue weighted by Gasteiger charge is 2.13. The molecule has 0 atom stereocenters. The molecule has 3 heteroatoms. The highest BCUT2D eigenvalue weighted by molar-refractivity contribution is 6.10. The van der Waals surface area contributed by atoms with Crippen molar-refractivity contribution in [3.8, 4) is 11.3 Å². The third-order valence-electron chi connectivity index (χ3n) is 5.84. The summed E-state index contributed by atoms with van der Waals surface area (Å²) >= 11 is 0. The van der Waals surface area contributed by atoms with Crippen LogP contribution in [-0.4, -0.2) is 10.4 Å². The summed E-state index contributed by atoms with van der Waals surface area (Å²) in [6.45, 7) is 0. The lowest BCUT2D eigenvalue weighted by Gasteiger charge is -2.13. The number of benzene rings is 4. The van der Waals surface area contributed by atoms with Gasteiger partial charge in [0.2, 0.25) is 0 Å². The van der Waals surface area contributed by atoms with Crippen LogP contribution in [0.3, 0.4) is 0 Å². The van der Waals surface area contributed by atoms with Crippen LogP contribution in [0.25, 0.3) is 27.9 Å². The van der Waals surface area contributed by atoms with Crippen molar-refractivity contribution in [3.05, 3.63) is 132 Å². The first-order chi connectivity index (χ1) is 16.2. The number of aromatic nitrogens is 1. The van der Waals surface area contributed by atoms with Crippen molar-refractivity contribution in [3.63, 3.8) is 0 Å². The third kappa shape index (κ3) is 4.21. The summed E-state index contributed by atoms with van der Waals surface area (Å²) in [6.07, 6.45) is 1.69. The van der Waals surface area contributed by atoms with E-state index in [1.54, 1.807) is 6.08 Å². The van der Waals surface area contributed by atoms with Crippen LogP contribution in [0.15, 0.2) is 121 Å². The van der Waals surface area contributed by atoms with Gasteiger partial charge in [0.05, 0.1) is 5.52 Å². The van der Waals surface area contributed by atoms with E-state index in [0.29, 0.717) is 5.56 Å². The van der Waals surface area contributed by atoms with E-state index in [-0.39, 0.29) is 5.78 Å². The lowest BCUT2D eigenvalue weighted by atomic mass is 10.1. The molecule has 0 saturated carbocycles. The van der Waals surface area contributed by atoms with Gasteiger partial charge in [0, 0.05) is 41.2 Å². The Morgan fingerprint density at radius 2 is 1.33 bits per heavy atom. The molecule has 4 aromatic carbocycles. The first kappa shape index (κ1) is 20.5. The highest BCUT2D eigenvalue weighted by Crippen LogP contribution is 2.33. The number of fused-ring (bicyclic) bond motifs is 1. The third-order valence-corrected chi connectivity index (χ3v) is 5.84. The minimum Gasteiger partial charge on any atom is -0.354 e. The van der Waals surface area contributed by atoms with Gasteiger partial charge in [-0.2, -0.15) is 0 Å². The molecule has 0 aliphatic carbocycles. The number of allylic oxidation sites excluding steroid dienone is 1. The molecule has 5 rings (SSSR count). The molecule has 5 aromatic rings. The van der Waals surface area contributed by atoms with Gasteiger partial charge in [0.25, 0.3) is 0 Å². The van der Waals surface area contributed by atoms with Crippen molar-refractivity contribution in [1.82, 2.24) is 4.57 Å². The number of carbonyl (C=O) groups is 1. The molecule has 0 radical (unpaired) electrons. The molecule has 0 unspecified atom stereocenters. The number of hydrogen-bond donors (Lipinski definition) is 1. The summed E-state index contributed by atoms with van der Waals surface area (Å²) in [4.78, 5) is 13.0. The lowest BCUT2D eigenvalue weighted by molar-refractivity contribution is 0.104. The highest BCUT2D eigenvalue weighted by atomic mass is 16.1. The monoisotopic (exact) mass is 428 g/mol. The predicted octanol–water partition coefficient (Wildman–Crippen LogP) is 7.18. The van der Waals surface area contributed by atoms with E-state index < -0.39 is 0 Å². The molecule has 0 amide bonds. The zero-order valence-corrected chi connectivity index (χ0v) is 18.4. The van der Waals surface area contributed by atoms with Crippen LogP contribution in [0, 0.1) is 0 Å². The Morgan fingerprint density at radius 3 is 2.00 bits per heavy atom. The first-order valence-electron chi connectivity index (χ1n) is 11.0. The predicted molar refractivity (Wildman–Crippen MR) is 137 cm³/mol. The molecule has 3 nitrogen and oxygen atoms in total. The summed E-state index contributed by atoms with van der Waals surface area (Å²) in [5, 5.41) is 4.66. The fourth-order valence-electron chi connectivity index (χ4n) is 4.13. The number of nitrogens with zero attached hydrogens (tertiary/aromatic N) is 1. The van der Waals surface area contributed by atoms with Crippen molar-refractivity contribution < 1.29 is 4.79 Å². The number of aryl methyl sites for hydroxylation is 1. The second-order valence-corrected chi connectivity index (χ2v) is 7.97. The molecule has 0 aliphatic heterocycles. The Labute approximate surface area is 193 Å². The quantitative estimate of drug-likeness (QED) is 0.230. The van der Waals surface area contributed by atoms with Crippen LogP contribution >= 0.6 is 0 Å². The van der Waals surface area contributed by atoms with Gasteiger partial charge in [0.1, 0.15) is 0 Å². The molecular formula is C30H24N2O. The summed E-state index contributed by atoms with van der Waals surface area (Å²) in [5.74, 6) is -0.0350. The summed E-state index contributed by atoms with van der Waals surface area (Å²) in [7, 11) is 2.08. The van der Waals surface area contributed by atoms with E-state index in [0.717, 1.165) is 33.5 Å². The maximum absolute atomic E-state index is 13.0. The van der Waals surface area contributed by atoms with Crippen molar-refractivity contribution in [2.24, 2.45) is 7.05 Å². The molecule has 1 aromatic heterocycles. The number of anilines is 1. The second-order valence-electron chi connectivity index (χ2n) is 7.97. The Balaban J connectivity index is 1.59. The maximum atomic E-state index is 13.0. The van der Waals surface area contributed by atoms with E-state index in [2.05, 4.69) is 59.4 Å². The van der Waals surface area contributed by atoms with Gasteiger partial charge < -0.3 is 9.88 Å². The van der Waals surface area contributed by atoms with Crippen LogP contribution < -0.4 is 5.32 Å².